The number of rotatable bonds is 2. The van der Waals surface area contributed by atoms with Crippen molar-refractivity contribution in [2.24, 2.45) is 0 Å². The number of carbonyl (C=O) groups excluding carboxylic acids is 3. The van der Waals surface area contributed by atoms with Crippen molar-refractivity contribution in [1.82, 2.24) is 20.4 Å². The van der Waals surface area contributed by atoms with Crippen molar-refractivity contribution in [2.45, 2.75) is 69.0 Å². The lowest BCUT2D eigenvalue weighted by molar-refractivity contribution is -0.141. The second-order valence-corrected chi connectivity index (χ2v) is 7.64. The standard InChI is InChI=1S/C17H26N4O3/c22-14(21-12-4-5-13(21)10-18-9-6-12)11-20-15(23)17(19-16(20)24)7-2-1-3-8-17/h12-13,18H,1-11H2,(H,19,24). The summed E-state index contributed by atoms with van der Waals surface area (Å²) < 4.78 is 0. The maximum Gasteiger partial charge on any atom is 0.325 e. The number of fused-ring (bicyclic) bond motifs is 2. The van der Waals surface area contributed by atoms with Crippen molar-refractivity contribution in [1.29, 1.82) is 0 Å². The van der Waals surface area contributed by atoms with E-state index in [1.165, 1.54) is 0 Å². The Morgan fingerprint density at radius 3 is 2.62 bits per heavy atom. The molecule has 1 aliphatic carbocycles. The van der Waals surface area contributed by atoms with E-state index in [0.717, 1.165) is 56.5 Å². The molecule has 2 bridgehead atoms. The minimum Gasteiger partial charge on any atom is -0.334 e. The average molecular weight is 334 g/mol. The first-order valence-corrected chi connectivity index (χ1v) is 9.27. The summed E-state index contributed by atoms with van der Waals surface area (Å²) in [6.07, 6.45) is 7.39. The zero-order chi connectivity index (χ0) is 16.7. The molecular formula is C17H26N4O3. The van der Waals surface area contributed by atoms with E-state index in [9.17, 15) is 14.4 Å². The van der Waals surface area contributed by atoms with Gasteiger partial charge in [-0.3, -0.25) is 14.5 Å². The molecule has 0 radical (unpaired) electrons. The Morgan fingerprint density at radius 1 is 1.08 bits per heavy atom. The molecule has 4 aliphatic rings. The summed E-state index contributed by atoms with van der Waals surface area (Å²) in [5, 5.41) is 6.25. The second kappa shape index (κ2) is 6.02. The molecule has 3 heterocycles. The fraction of sp³-hybridized carbons (Fsp3) is 0.824. The molecule has 7 nitrogen and oxygen atoms in total. The number of hydrogen-bond donors (Lipinski definition) is 2. The van der Waals surface area contributed by atoms with E-state index in [1.54, 1.807) is 0 Å². The van der Waals surface area contributed by atoms with Crippen LogP contribution in [-0.2, 0) is 9.59 Å². The van der Waals surface area contributed by atoms with Crippen molar-refractivity contribution in [2.75, 3.05) is 19.6 Å². The van der Waals surface area contributed by atoms with Gasteiger partial charge >= 0.3 is 6.03 Å². The van der Waals surface area contributed by atoms with E-state index in [0.29, 0.717) is 12.8 Å². The summed E-state index contributed by atoms with van der Waals surface area (Å²) >= 11 is 0. The Labute approximate surface area is 142 Å². The molecule has 3 aliphatic heterocycles. The van der Waals surface area contributed by atoms with Crippen LogP contribution in [0.1, 0.15) is 51.4 Å². The molecule has 2 N–H and O–H groups in total. The van der Waals surface area contributed by atoms with Gasteiger partial charge in [0.15, 0.2) is 0 Å². The van der Waals surface area contributed by atoms with Crippen LogP contribution in [0.15, 0.2) is 0 Å². The average Bonchev–Trinajstić information content (AvgIpc) is 2.95. The molecule has 2 unspecified atom stereocenters. The molecule has 7 heteroatoms. The van der Waals surface area contributed by atoms with Gasteiger partial charge in [0, 0.05) is 18.6 Å². The topological polar surface area (TPSA) is 81.8 Å². The predicted octanol–water partition coefficient (Wildman–Crippen LogP) is 0.594. The van der Waals surface area contributed by atoms with Crippen LogP contribution in [0.2, 0.25) is 0 Å². The van der Waals surface area contributed by atoms with Crippen LogP contribution in [-0.4, -0.2) is 64.9 Å². The smallest absolute Gasteiger partial charge is 0.325 e. The van der Waals surface area contributed by atoms with Gasteiger partial charge in [-0.15, -0.1) is 0 Å². The van der Waals surface area contributed by atoms with E-state index in [1.807, 2.05) is 4.90 Å². The van der Waals surface area contributed by atoms with Crippen molar-refractivity contribution < 1.29 is 14.4 Å². The number of nitrogens with zero attached hydrogens (tertiary/aromatic N) is 2. The largest absolute Gasteiger partial charge is 0.334 e. The Balaban J connectivity index is 1.47. The van der Waals surface area contributed by atoms with Crippen LogP contribution in [0.5, 0.6) is 0 Å². The number of imide groups is 1. The zero-order valence-corrected chi connectivity index (χ0v) is 14.1. The maximum absolute atomic E-state index is 12.9. The lowest BCUT2D eigenvalue weighted by atomic mass is 9.82. The summed E-state index contributed by atoms with van der Waals surface area (Å²) in [6.45, 7) is 1.63. The minimum absolute atomic E-state index is 0.0810. The van der Waals surface area contributed by atoms with Crippen LogP contribution in [0, 0.1) is 0 Å². The van der Waals surface area contributed by atoms with Crippen molar-refractivity contribution >= 4 is 17.8 Å². The highest BCUT2D eigenvalue weighted by molar-refractivity contribution is 6.09. The van der Waals surface area contributed by atoms with Crippen LogP contribution < -0.4 is 10.6 Å². The summed E-state index contributed by atoms with van der Waals surface area (Å²) in [6, 6.07) is 0.0619. The highest BCUT2D eigenvalue weighted by Gasteiger charge is 2.52. The lowest BCUT2D eigenvalue weighted by Gasteiger charge is -2.31. The van der Waals surface area contributed by atoms with E-state index >= 15 is 0 Å². The number of carbonyl (C=O) groups is 3. The normalized spacial score (nSPS) is 32.2. The van der Waals surface area contributed by atoms with Crippen LogP contribution in [0.3, 0.4) is 0 Å². The van der Waals surface area contributed by atoms with Crippen molar-refractivity contribution in [3.8, 4) is 0 Å². The van der Waals surface area contributed by atoms with Gasteiger partial charge in [0.05, 0.1) is 0 Å². The van der Waals surface area contributed by atoms with E-state index in [-0.39, 0.29) is 30.4 Å². The first-order valence-electron chi connectivity index (χ1n) is 9.27. The monoisotopic (exact) mass is 334 g/mol. The first-order chi connectivity index (χ1) is 11.6. The Hall–Kier alpha value is -1.63. The lowest BCUT2D eigenvalue weighted by Crippen LogP contribution is -2.50. The number of amides is 4. The summed E-state index contributed by atoms with van der Waals surface area (Å²) in [5.41, 5.74) is -0.741. The Bertz CT molecular complexity index is 544. The molecule has 24 heavy (non-hydrogen) atoms. The fourth-order valence-corrected chi connectivity index (χ4v) is 4.92. The third kappa shape index (κ3) is 2.49. The second-order valence-electron chi connectivity index (χ2n) is 7.64. The molecule has 1 saturated carbocycles. The zero-order valence-electron chi connectivity index (χ0n) is 14.1. The van der Waals surface area contributed by atoms with Gasteiger partial charge in [0.1, 0.15) is 12.1 Å². The highest BCUT2D eigenvalue weighted by Crippen LogP contribution is 2.34. The maximum atomic E-state index is 12.9. The molecule has 4 rings (SSSR count). The molecule has 3 saturated heterocycles. The first kappa shape index (κ1) is 15.9. The van der Waals surface area contributed by atoms with E-state index < -0.39 is 11.6 Å². The molecular weight excluding hydrogens is 308 g/mol. The van der Waals surface area contributed by atoms with Gasteiger partial charge in [-0.25, -0.2) is 4.79 Å². The molecule has 1 spiro atoms. The van der Waals surface area contributed by atoms with E-state index in [2.05, 4.69) is 10.6 Å². The molecule has 0 aromatic rings. The third-order valence-electron chi connectivity index (χ3n) is 6.19. The number of urea groups is 1. The summed E-state index contributed by atoms with van der Waals surface area (Å²) in [4.78, 5) is 41.1. The number of hydrogen-bond acceptors (Lipinski definition) is 4. The van der Waals surface area contributed by atoms with Gasteiger partial charge in [0.25, 0.3) is 5.91 Å². The SMILES string of the molecule is O=C1NC2(CCCCC2)C(=O)N1CC(=O)N1C2CCNCC1CC2. The van der Waals surface area contributed by atoms with Gasteiger partial charge in [-0.05, 0) is 38.6 Å². The highest BCUT2D eigenvalue weighted by atomic mass is 16.2. The van der Waals surface area contributed by atoms with Gasteiger partial charge < -0.3 is 15.5 Å². The Morgan fingerprint density at radius 2 is 1.83 bits per heavy atom. The van der Waals surface area contributed by atoms with E-state index in [4.69, 9.17) is 0 Å². The molecule has 2 atom stereocenters. The molecule has 132 valence electrons. The molecule has 4 fully saturated rings. The predicted molar refractivity (Wildman–Crippen MR) is 87.2 cm³/mol. The van der Waals surface area contributed by atoms with Crippen LogP contribution in [0.4, 0.5) is 4.79 Å². The van der Waals surface area contributed by atoms with Gasteiger partial charge in [0.2, 0.25) is 5.91 Å². The molecule has 0 aromatic heterocycles. The quantitative estimate of drug-likeness (QED) is 0.725. The van der Waals surface area contributed by atoms with Crippen LogP contribution >= 0.6 is 0 Å². The molecule has 4 amide bonds. The third-order valence-corrected chi connectivity index (χ3v) is 6.19. The minimum atomic E-state index is -0.741. The Kier molecular flexibility index (Phi) is 3.98. The number of nitrogens with one attached hydrogen (secondary N) is 2. The van der Waals surface area contributed by atoms with Crippen molar-refractivity contribution in [3.63, 3.8) is 0 Å². The van der Waals surface area contributed by atoms with Gasteiger partial charge in [-0.2, -0.15) is 0 Å². The van der Waals surface area contributed by atoms with Crippen molar-refractivity contribution in [3.05, 3.63) is 0 Å². The molecule has 0 aromatic carbocycles. The summed E-state index contributed by atoms with van der Waals surface area (Å²) in [5.74, 6) is -0.275. The van der Waals surface area contributed by atoms with Crippen LogP contribution in [0.25, 0.3) is 0 Å². The summed E-state index contributed by atoms with van der Waals surface area (Å²) in [7, 11) is 0. The fourth-order valence-electron chi connectivity index (χ4n) is 4.92. The van der Waals surface area contributed by atoms with Gasteiger partial charge in [-0.1, -0.05) is 19.3 Å².